The summed E-state index contributed by atoms with van der Waals surface area (Å²) in [5, 5.41) is 16.5. The molecule has 9 nitrogen and oxygen atoms in total. The fraction of sp³-hybridized carbons (Fsp3) is 0.690. The average Bonchev–Trinajstić information content (AvgIpc) is 2.87. The lowest BCUT2D eigenvalue weighted by molar-refractivity contribution is -0.128. The molecule has 0 saturated carbocycles. The Morgan fingerprint density at radius 2 is 1.76 bits per heavy atom. The van der Waals surface area contributed by atoms with Gasteiger partial charge in [-0.05, 0) is 43.2 Å². The van der Waals surface area contributed by atoms with Crippen molar-refractivity contribution in [2.75, 3.05) is 24.5 Å². The topological polar surface area (TPSA) is 134 Å². The zero-order chi connectivity index (χ0) is 28.3. The van der Waals surface area contributed by atoms with Gasteiger partial charge in [0.15, 0.2) is 6.10 Å². The van der Waals surface area contributed by atoms with Gasteiger partial charge in [-0.1, -0.05) is 59.6 Å². The minimum atomic E-state index is -0.864. The summed E-state index contributed by atoms with van der Waals surface area (Å²) in [5.41, 5.74) is 6.46. The Morgan fingerprint density at radius 1 is 1.13 bits per heavy atom. The molecule has 0 radical (unpaired) electrons. The Balaban J connectivity index is 2.00. The van der Waals surface area contributed by atoms with Crippen LogP contribution >= 0.6 is 0 Å². The van der Waals surface area contributed by atoms with E-state index in [1.165, 1.54) is 0 Å². The van der Waals surface area contributed by atoms with Crippen LogP contribution in [0.5, 0.6) is 5.75 Å². The molecule has 0 spiro atoms. The second-order valence-corrected chi connectivity index (χ2v) is 11.3. The van der Waals surface area contributed by atoms with E-state index in [1.54, 1.807) is 17.9 Å². The number of nitrogens with zero attached hydrogens (tertiary/aromatic N) is 1. The summed E-state index contributed by atoms with van der Waals surface area (Å²) in [7, 11) is 0. The molecule has 0 bridgehead atoms. The summed E-state index contributed by atoms with van der Waals surface area (Å²) in [4.78, 5) is 40.1. The standard InChI is InChI=1S/C29H48N4O5/c1-6-8-14-31-27(36)20(3)16-23(34)21(30)17-29(4,5)18-26(35)33-19-25(28(37)32-15-9-7-2)38-24-13-11-10-12-22(24)33/h10-13,20-21,23,25,34H,6-9,14-19,30H2,1-5H3,(H,31,36)(H,32,37)/t20-,21+,23+,25?/m1/s1. The number of para-hydroxylation sites is 2. The van der Waals surface area contributed by atoms with Crippen molar-refractivity contribution in [2.45, 2.75) is 97.8 Å². The third-order valence-electron chi connectivity index (χ3n) is 6.98. The molecular weight excluding hydrogens is 484 g/mol. The van der Waals surface area contributed by atoms with E-state index >= 15 is 0 Å². The maximum absolute atomic E-state index is 13.5. The summed E-state index contributed by atoms with van der Waals surface area (Å²) in [6, 6.07) is 6.64. The Kier molecular flexibility index (Phi) is 12.5. The number of fused-ring (bicyclic) bond motifs is 1. The van der Waals surface area contributed by atoms with E-state index in [1.807, 2.05) is 32.0 Å². The Bertz CT molecular complexity index is 922. The molecule has 1 aliphatic heterocycles. The summed E-state index contributed by atoms with van der Waals surface area (Å²) in [6.07, 6.45) is 2.94. The van der Waals surface area contributed by atoms with E-state index in [0.29, 0.717) is 30.9 Å². The number of aliphatic hydroxyl groups excluding tert-OH is 1. The molecule has 1 aliphatic rings. The van der Waals surface area contributed by atoms with Crippen LogP contribution in [0.25, 0.3) is 0 Å². The van der Waals surface area contributed by atoms with Crippen LogP contribution in [0.2, 0.25) is 0 Å². The van der Waals surface area contributed by atoms with Crippen molar-refractivity contribution < 1.29 is 24.2 Å². The van der Waals surface area contributed by atoms with Crippen LogP contribution in [-0.2, 0) is 14.4 Å². The average molecular weight is 533 g/mol. The molecule has 3 amide bonds. The third-order valence-corrected chi connectivity index (χ3v) is 6.98. The second kappa shape index (κ2) is 15.1. The number of amides is 3. The van der Waals surface area contributed by atoms with Gasteiger partial charge < -0.3 is 31.1 Å². The highest BCUT2D eigenvalue weighted by Gasteiger charge is 2.36. The molecule has 1 unspecified atom stereocenters. The van der Waals surface area contributed by atoms with Gasteiger partial charge in [0.1, 0.15) is 5.75 Å². The number of rotatable bonds is 15. The van der Waals surface area contributed by atoms with Crippen LogP contribution in [0.1, 0.15) is 79.6 Å². The number of hydrogen-bond donors (Lipinski definition) is 4. The van der Waals surface area contributed by atoms with Crippen LogP contribution in [-0.4, -0.2) is 60.7 Å². The SMILES string of the molecule is CCCCNC(=O)C1CN(C(=O)CC(C)(C)C[C@H](N)[C@@H](O)C[C@@H](C)C(=O)NCCCC)c2ccccc2O1. The van der Waals surface area contributed by atoms with E-state index in [-0.39, 0.29) is 43.0 Å². The van der Waals surface area contributed by atoms with Crippen molar-refractivity contribution in [1.29, 1.82) is 0 Å². The number of carbonyl (C=O) groups is 3. The number of benzene rings is 1. The van der Waals surface area contributed by atoms with Crippen LogP contribution in [0.15, 0.2) is 24.3 Å². The molecule has 0 aliphatic carbocycles. The molecule has 2 rings (SSSR count). The zero-order valence-electron chi connectivity index (χ0n) is 23.8. The van der Waals surface area contributed by atoms with Crippen LogP contribution in [0, 0.1) is 11.3 Å². The molecule has 0 fully saturated rings. The number of unbranched alkanes of at least 4 members (excludes halogenated alkanes) is 2. The van der Waals surface area contributed by atoms with E-state index in [2.05, 4.69) is 24.5 Å². The molecule has 214 valence electrons. The minimum Gasteiger partial charge on any atom is -0.477 e. The normalized spacial score (nSPS) is 17.6. The molecular formula is C29H48N4O5. The van der Waals surface area contributed by atoms with Crippen molar-refractivity contribution >= 4 is 23.4 Å². The Hall–Kier alpha value is -2.65. The Labute approximate surface area is 227 Å². The van der Waals surface area contributed by atoms with Crippen molar-refractivity contribution in [3.05, 3.63) is 24.3 Å². The number of ether oxygens (including phenoxy) is 1. The van der Waals surface area contributed by atoms with Gasteiger partial charge in [-0.3, -0.25) is 14.4 Å². The molecule has 9 heteroatoms. The van der Waals surface area contributed by atoms with Crippen molar-refractivity contribution in [1.82, 2.24) is 10.6 Å². The van der Waals surface area contributed by atoms with Gasteiger partial charge in [-0.25, -0.2) is 0 Å². The summed E-state index contributed by atoms with van der Waals surface area (Å²) < 4.78 is 5.93. The number of aliphatic hydroxyl groups is 1. The first-order valence-electron chi connectivity index (χ1n) is 14.0. The van der Waals surface area contributed by atoms with Crippen LogP contribution < -0.4 is 26.0 Å². The van der Waals surface area contributed by atoms with Gasteiger partial charge in [-0.2, -0.15) is 0 Å². The number of nitrogens with one attached hydrogen (secondary N) is 2. The van der Waals surface area contributed by atoms with Crippen LogP contribution in [0.4, 0.5) is 5.69 Å². The van der Waals surface area contributed by atoms with Gasteiger partial charge in [0.05, 0.1) is 18.3 Å². The highest BCUT2D eigenvalue weighted by atomic mass is 16.5. The lowest BCUT2D eigenvalue weighted by Crippen LogP contribution is -2.51. The third kappa shape index (κ3) is 9.58. The predicted molar refractivity (Wildman–Crippen MR) is 150 cm³/mol. The lowest BCUT2D eigenvalue weighted by atomic mass is 9.80. The van der Waals surface area contributed by atoms with Gasteiger partial charge in [0.2, 0.25) is 11.8 Å². The monoisotopic (exact) mass is 532 g/mol. The van der Waals surface area contributed by atoms with Gasteiger partial charge >= 0.3 is 0 Å². The Morgan fingerprint density at radius 3 is 2.42 bits per heavy atom. The molecule has 1 aromatic carbocycles. The first kappa shape index (κ1) is 31.6. The maximum atomic E-state index is 13.5. The summed E-state index contributed by atoms with van der Waals surface area (Å²) >= 11 is 0. The first-order chi connectivity index (χ1) is 18.0. The molecule has 0 saturated heterocycles. The van der Waals surface area contributed by atoms with Gasteiger partial charge in [0, 0.05) is 31.5 Å². The molecule has 0 aromatic heterocycles. The number of hydrogen-bond acceptors (Lipinski definition) is 6. The molecule has 5 N–H and O–H groups in total. The largest absolute Gasteiger partial charge is 0.477 e. The number of nitrogens with two attached hydrogens (primary N) is 1. The summed E-state index contributed by atoms with van der Waals surface area (Å²) in [6.45, 7) is 11.1. The smallest absolute Gasteiger partial charge is 0.262 e. The minimum absolute atomic E-state index is 0.0848. The maximum Gasteiger partial charge on any atom is 0.262 e. The van der Waals surface area contributed by atoms with E-state index in [9.17, 15) is 19.5 Å². The number of anilines is 1. The van der Waals surface area contributed by atoms with Crippen LogP contribution in [0.3, 0.4) is 0 Å². The molecule has 4 atom stereocenters. The van der Waals surface area contributed by atoms with Gasteiger partial charge in [0.25, 0.3) is 5.91 Å². The lowest BCUT2D eigenvalue weighted by Gasteiger charge is -2.37. The molecule has 1 heterocycles. The summed E-state index contributed by atoms with van der Waals surface area (Å²) in [5.74, 6) is -0.314. The highest BCUT2D eigenvalue weighted by Crippen LogP contribution is 2.36. The fourth-order valence-electron chi connectivity index (χ4n) is 4.67. The highest BCUT2D eigenvalue weighted by molar-refractivity contribution is 5.97. The second-order valence-electron chi connectivity index (χ2n) is 11.3. The molecule has 1 aromatic rings. The van der Waals surface area contributed by atoms with Crippen molar-refractivity contribution in [2.24, 2.45) is 17.1 Å². The predicted octanol–water partition coefficient (Wildman–Crippen LogP) is 3.13. The van der Waals surface area contributed by atoms with Crippen molar-refractivity contribution in [3.8, 4) is 5.75 Å². The fourth-order valence-corrected chi connectivity index (χ4v) is 4.67. The first-order valence-corrected chi connectivity index (χ1v) is 14.0. The molecule has 38 heavy (non-hydrogen) atoms. The quantitative estimate of drug-likeness (QED) is 0.257. The van der Waals surface area contributed by atoms with Gasteiger partial charge in [-0.15, -0.1) is 0 Å². The van der Waals surface area contributed by atoms with Crippen molar-refractivity contribution in [3.63, 3.8) is 0 Å². The van der Waals surface area contributed by atoms with E-state index in [4.69, 9.17) is 10.5 Å². The van der Waals surface area contributed by atoms with E-state index in [0.717, 1.165) is 25.7 Å². The number of carbonyl (C=O) groups excluding carboxylic acids is 3. The zero-order valence-corrected chi connectivity index (χ0v) is 23.8. The van der Waals surface area contributed by atoms with E-state index < -0.39 is 23.7 Å².